The first-order chi connectivity index (χ1) is 11.1. The lowest BCUT2D eigenvalue weighted by Crippen LogP contribution is -2.32. The van der Waals surface area contributed by atoms with Crippen LogP contribution in [0.3, 0.4) is 0 Å². The third-order valence-corrected chi connectivity index (χ3v) is 4.66. The average molecular weight is 354 g/mol. The number of nitrogens with one attached hydrogen (secondary N) is 1. The highest BCUT2D eigenvalue weighted by molar-refractivity contribution is 6.42. The molecule has 1 aromatic heterocycles. The lowest BCUT2D eigenvalue weighted by molar-refractivity contribution is 0.0857. The Labute approximate surface area is 144 Å². The molecule has 23 heavy (non-hydrogen) atoms. The van der Waals surface area contributed by atoms with Gasteiger partial charge in [0.2, 0.25) is 0 Å². The molecule has 1 amide bonds. The number of hydrogen-bond acceptors (Lipinski definition) is 3. The van der Waals surface area contributed by atoms with E-state index < -0.39 is 0 Å². The van der Waals surface area contributed by atoms with Gasteiger partial charge in [-0.15, -0.1) is 0 Å². The summed E-state index contributed by atoms with van der Waals surface area (Å²) in [5.74, 6) is -0.149. The van der Waals surface area contributed by atoms with Crippen LogP contribution >= 0.6 is 23.2 Å². The maximum absolute atomic E-state index is 12.3. The van der Waals surface area contributed by atoms with E-state index in [1.165, 1.54) is 0 Å². The van der Waals surface area contributed by atoms with Crippen molar-refractivity contribution in [2.75, 3.05) is 13.2 Å². The number of carbonyl (C=O) groups is 1. The summed E-state index contributed by atoms with van der Waals surface area (Å²) in [5, 5.41) is 8.11. The van der Waals surface area contributed by atoms with Crippen LogP contribution in [0.5, 0.6) is 0 Å². The second-order valence-electron chi connectivity index (χ2n) is 5.50. The van der Waals surface area contributed by atoms with E-state index in [-0.39, 0.29) is 12.0 Å². The summed E-state index contributed by atoms with van der Waals surface area (Å²) in [7, 11) is 0. The topological polar surface area (TPSA) is 56.1 Å². The van der Waals surface area contributed by atoms with Crippen LogP contribution in [0.15, 0.2) is 24.4 Å². The van der Waals surface area contributed by atoms with Gasteiger partial charge in [0.1, 0.15) is 0 Å². The Kier molecular flexibility index (Phi) is 4.90. The molecule has 7 heteroatoms. The first-order valence-corrected chi connectivity index (χ1v) is 8.21. The SMILES string of the molecule is Cc1c(C(=O)NCC2CCCO2)cnn1-c1ccc(Cl)c(Cl)c1. The number of nitrogens with zero attached hydrogens (tertiary/aromatic N) is 2. The highest BCUT2D eigenvalue weighted by Crippen LogP contribution is 2.25. The first kappa shape index (κ1) is 16.3. The molecule has 122 valence electrons. The van der Waals surface area contributed by atoms with Gasteiger partial charge in [-0.05, 0) is 38.0 Å². The van der Waals surface area contributed by atoms with Gasteiger partial charge in [0, 0.05) is 13.2 Å². The van der Waals surface area contributed by atoms with Crippen molar-refractivity contribution in [2.45, 2.75) is 25.9 Å². The molecule has 1 atom stereocenters. The molecule has 0 bridgehead atoms. The molecule has 1 saturated heterocycles. The summed E-state index contributed by atoms with van der Waals surface area (Å²) in [4.78, 5) is 12.3. The zero-order chi connectivity index (χ0) is 16.4. The van der Waals surface area contributed by atoms with Crippen molar-refractivity contribution in [1.29, 1.82) is 0 Å². The maximum Gasteiger partial charge on any atom is 0.254 e. The number of rotatable bonds is 4. The Hall–Kier alpha value is -1.56. The molecular weight excluding hydrogens is 337 g/mol. The van der Waals surface area contributed by atoms with Crippen molar-refractivity contribution >= 4 is 29.1 Å². The molecule has 3 rings (SSSR count). The number of halogens is 2. The van der Waals surface area contributed by atoms with Crippen LogP contribution in [-0.2, 0) is 4.74 Å². The summed E-state index contributed by atoms with van der Waals surface area (Å²) in [6.45, 7) is 3.14. The van der Waals surface area contributed by atoms with Gasteiger partial charge in [-0.25, -0.2) is 4.68 Å². The van der Waals surface area contributed by atoms with E-state index in [4.69, 9.17) is 27.9 Å². The fraction of sp³-hybridized carbons (Fsp3) is 0.375. The smallest absolute Gasteiger partial charge is 0.254 e. The highest BCUT2D eigenvalue weighted by Gasteiger charge is 2.19. The quantitative estimate of drug-likeness (QED) is 0.916. The number of hydrogen-bond donors (Lipinski definition) is 1. The second-order valence-corrected chi connectivity index (χ2v) is 6.31. The molecule has 5 nitrogen and oxygen atoms in total. The predicted molar refractivity (Wildman–Crippen MR) is 89.6 cm³/mol. The molecule has 1 aliphatic heterocycles. The number of carbonyl (C=O) groups excluding carboxylic acids is 1. The minimum Gasteiger partial charge on any atom is -0.376 e. The molecule has 1 N–H and O–H groups in total. The van der Waals surface area contributed by atoms with Gasteiger partial charge < -0.3 is 10.1 Å². The van der Waals surface area contributed by atoms with Gasteiger partial charge in [0.25, 0.3) is 5.91 Å². The van der Waals surface area contributed by atoms with E-state index in [2.05, 4.69) is 10.4 Å². The zero-order valence-electron chi connectivity index (χ0n) is 12.7. The predicted octanol–water partition coefficient (Wildman–Crippen LogP) is 3.40. The monoisotopic (exact) mass is 353 g/mol. The number of benzene rings is 1. The molecule has 1 aromatic carbocycles. The molecule has 0 radical (unpaired) electrons. The summed E-state index contributed by atoms with van der Waals surface area (Å²) in [6.07, 6.45) is 3.71. The zero-order valence-corrected chi connectivity index (χ0v) is 14.2. The molecular formula is C16H17Cl2N3O2. The Balaban J connectivity index is 1.75. The van der Waals surface area contributed by atoms with Crippen molar-refractivity contribution in [1.82, 2.24) is 15.1 Å². The van der Waals surface area contributed by atoms with Crippen LogP contribution in [0.2, 0.25) is 10.0 Å². The molecule has 0 aliphatic carbocycles. The number of ether oxygens (including phenoxy) is 1. The molecule has 1 aliphatic rings. The molecule has 2 aromatic rings. The first-order valence-electron chi connectivity index (χ1n) is 7.46. The highest BCUT2D eigenvalue weighted by atomic mass is 35.5. The standard InChI is InChI=1S/C16H17Cl2N3O2/c1-10-13(16(22)19-8-12-3-2-6-23-12)9-20-21(10)11-4-5-14(17)15(18)7-11/h4-5,7,9,12H,2-3,6,8H2,1H3,(H,19,22). The summed E-state index contributed by atoms with van der Waals surface area (Å²) >= 11 is 12.0. The van der Waals surface area contributed by atoms with E-state index in [1.54, 1.807) is 23.0 Å². The minimum absolute atomic E-state index is 0.115. The fourth-order valence-corrected chi connectivity index (χ4v) is 2.91. The fourth-order valence-electron chi connectivity index (χ4n) is 2.62. The van der Waals surface area contributed by atoms with E-state index >= 15 is 0 Å². The number of amides is 1. The Morgan fingerprint density at radius 1 is 1.43 bits per heavy atom. The van der Waals surface area contributed by atoms with E-state index in [9.17, 15) is 4.79 Å². The van der Waals surface area contributed by atoms with Gasteiger partial charge in [0.05, 0.1) is 39.3 Å². The van der Waals surface area contributed by atoms with Crippen LogP contribution in [0, 0.1) is 6.92 Å². The van der Waals surface area contributed by atoms with Crippen LogP contribution in [0.25, 0.3) is 5.69 Å². The van der Waals surface area contributed by atoms with Gasteiger partial charge in [-0.1, -0.05) is 23.2 Å². The Bertz CT molecular complexity index is 724. The van der Waals surface area contributed by atoms with E-state index in [1.807, 2.05) is 13.0 Å². The molecule has 1 fully saturated rings. The third-order valence-electron chi connectivity index (χ3n) is 3.92. The van der Waals surface area contributed by atoms with E-state index in [0.717, 1.165) is 30.8 Å². The van der Waals surface area contributed by atoms with Crippen molar-refractivity contribution < 1.29 is 9.53 Å². The summed E-state index contributed by atoms with van der Waals surface area (Å²) in [6, 6.07) is 5.23. The van der Waals surface area contributed by atoms with Gasteiger partial charge in [-0.2, -0.15) is 5.10 Å². The molecule has 2 heterocycles. The third kappa shape index (κ3) is 3.52. The molecule has 1 unspecified atom stereocenters. The second kappa shape index (κ2) is 6.91. The van der Waals surface area contributed by atoms with Gasteiger partial charge in [0.15, 0.2) is 0 Å². The van der Waals surface area contributed by atoms with Crippen molar-refractivity contribution in [3.8, 4) is 5.69 Å². The van der Waals surface area contributed by atoms with Crippen LogP contribution in [0.4, 0.5) is 0 Å². The molecule has 0 saturated carbocycles. The Morgan fingerprint density at radius 3 is 2.96 bits per heavy atom. The van der Waals surface area contributed by atoms with Gasteiger partial charge in [-0.3, -0.25) is 4.79 Å². The van der Waals surface area contributed by atoms with E-state index in [0.29, 0.717) is 22.2 Å². The maximum atomic E-state index is 12.3. The normalized spacial score (nSPS) is 17.4. The summed E-state index contributed by atoms with van der Waals surface area (Å²) in [5.41, 5.74) is 2.04. The lowest BCUT2D eigenvalue weighted by atomic mass is 10.2. The van der Waals surface area contributed by atoms with Gasteiger partial charge >= 0.3 is 0 Å². The van der Waals surface area contributed by atoms with Crippen LogP contribution in [-0.4, -0.2) is 34.9 Å². The average Bonchev–Trinajstić information content (AvgIpc) is 3.17. The number of aromatic nitrogens is 2. The Morgan fingerprint density at radius 2 is 2.26 bits per heavy atom. The van der Waals surface area contributed by atoms with Crippen LogP contribution in [0.1, 0.15) is 28.9 Å². The summed E-state index contributed by atoms with van der Waals surface area (Å²) < 4.78 is 7.18. The minimum atomic E-state index is -0.149. The largest absolute Gasteiger partial charge is 0.376 e. The van der Waals surface area contributed by atoms with Crippen LogP contribution < -0.4 is 5.32 Å². The van der Waals surface area contributed by atoms with Crippen molar-refractivity contribution in [2.24, 2.45) is 0 Å². The lowest BCUT2D eigenvalue weighted by Gasteiger charge is -2.11. The van der Waals surface area contributed by atoms with Crippen molar-refractivity contribution in [3.05, 3.63) is 45.7 Å². The molecule has 0 spiro atoms. The van der Waals surface area contributed by atoms with Crippen molar-refractivity contribution in [3.63, 3.8) is 0 Å².